The molecule has 2 heterocycles. The highest BCUT2D eigenvalue weighted by atomic mass is 19.4. The molecule has 0 aliphatic heterocycles. The predicted octanol–water partition coefficient (Wildman–Crippen LogP) is 2.22. The van der Waals surface area contributed by atoms with Crippen molar-refractivity contribution in [3.05, 3.63) is 59.9 Å². The van der Waals surface area contributed by atoms with Crippen molar-refractivity contribution in [1.82, 2.24) is 14.8 Å². The molecule has 0 saturated heterocycles. The third-order valence-corrected chi connectivity index (χ3v) is 4.11. The molecule has 3 rings (SSSR count). The van der Waals surface area contributed by atoms with Gasteiger partial charge in [-0.1, -0.05) is 0 Å². The van der Waals surface area contributed by atoms with E-state index in [-0.39, 0.29) is 11.3 Å². The minimum atomic E-state index is -4.79. The number of anilines is 3. The molecule has 170 valence electrons. The number of hydrogen-bond donors (Lipinski definition) is 5. The van der Waals surface area contributed by atoms with Gasteiger partial charge in [0.2, 0.25) is 0 Å². The third-order valence-electron chi connectivity index (χ3n) is 4.11. The number of aliphatic hydroxyl groups excluding tert-OH is 1. The number of hydrogen-bond acceptors (Lipinski definition) is 8. The molecule has 3 aromatic rings. The molecule has 2 aromatic heterocycles. The van der Waals surface area contributed by atoms with Gasteiger partial charge in [-0.15, -0.1) is 13.2 Å². The SMILES string of the molecule is Cn1ncc(C(=O)Nc2ccc(OC(F)(F)F)cc2)c1NCc1ccnc(NC(N)O)c1. The molecule has 6 N–H and O–H groups in total. The van der Waals surface area contributed by atoms with Gasteiger partial charge in [-0.25, -0.2) is 4.98 Å². The topological polar surface area (TPSA) is 139 Å². The van der Waals surface area contributed by atoms with Gasteiger partial charge in [0.25, 0.3) is 5.91 Å². The van der Waals surface area contributed by atoms with Gasteiger partial charge in [0.1, 0.15) is 22.9 Å². The van der Waals surface area contributed by atoms with Gasteiger partial charge in [0, 0.05) is 25.5 Å². The zero-order chi connectivity index (χ0) is 23.3. The lowest BCUT2D eigenvalue weighted by Gasteiger charge is -2.12. The zero-order valence-electron chi connectivity index (χ0n) is 16.7. The van der Waals surface area contributed by atoms with Crippen LogP contribution in [0, 0.1) is 0 Å². The van der Waals surface area contributed by atoms with Crippen LogP contribution in [0.25, 0.3) is 0 Å². The highest BCUT2D eigenvalue weighted by Crippen LogP contribution is 2.25. The van der Waals surface area contributed by atoms with Gasteiger partial charge in [-0.05, 0) is 42.0 Å². The maximum absolute atomic E-state index is 12.7. The number of pyridine rings is 1. The Labute approximate surface area is 180 Å². The van der Waals surface area contributed by atoms with Crippen molar-refractivity contribution in [2.24, 2.45) is 12.8 Å². The fourth-order valence-electron chi connectivity index (χ4n) is 2.75. The molecule has 32 heavy (non-hydrogen) atoms. The number of benzene rings is 1. The van der Waals surface area contributed by atoms with Crippen molar-refractivity contribution >= 4 is 23.2 Å². The van der Waals surface area contributed by atoms with Gasteiger partial charge < -0.3 is 25.8 Å². The molecule has 10 nitrogen and oxygen atoms in total. The lowest BCUT2D eigenvalue weighted by molar-refractivity contribution is -0.274. The normalized spacial score (nSPS) is 12.2. The second-order valence-electron chi connectivity index (χ2n) is 6.55. The van der Waals surface area contributed by atoms with Crippen molar-refractivity contribution in [3.63, 3.8) is 0 Å². The van der Waals surface area contributed by atoms with Gasteiger partial charge in [0.05, 0.1) is 6.20 Å². The van der Waals surface area contributed by atoms with Crippen LogP contribution in [0.4, 0.5) is 30.5 Å². The number of amides is 1. The highest BCUT2D eigenvalue weighted by Gasteiger charge is 2.31. The standard InChI is InChI=1S/C19H20F3N7O3/c1-29-16(25-9-11-6-7-24-15(8-11)28-18(23)31)14(10-26-29)17(30)27-12-2-4-13(5-3-12)32-19(20,21)22/h2-8,10,18,25,31H,9,23H2,1H3,(H,24,28)(H,27,30). The summed E-state index contributed by atoms with van der Waals surface area (Å²) in [5, 5.41) is 21.5. The summed E-state index contributed by atoms with van der Waals surface area (Å²) < 4.78 is 42.1. The summed E-state index contributed by atoms with van der Waals surface area (Å²) in [6.45, 7) is 0.307. The van der Waals surface area contributed by atoms with Crippen LogP contribution in [0.2, 0.25) is 0 Å². The van der Waals surface area contributed by atoms with E-state index >= 15 is 0 Å². The Hall–Kier alpha value is -3.84. The smallest absolute Gasteiger partial charge is 0.406 e. The molecule has 1 atom stereocenters. The quantitative estimate of drug-likeness (QED) is 0.329. The molecule has 0 aliphatic rings. The Morgan fingerprint density at radius 2 is 2.00 bits per heavy atom. The molecule has 0 spiro atoms. The average Bonchev–Trinajstić information content (AvgIpc) is 3.07. The summed E-state index contributed by atoms with van der Waals surface area (Å²) >= 11 is 0. The first kappa shape index (κ1) is 22.8. The number of nitrogens with one attached hydrogen (secondary N) is 3. The Bertz CT molecular complexity index is 1070. The molecular weight excluding hydrogens is 431 g/mol. The average molecular weight is 451 g/mol. The highest BCUT2D eigenvalue weighted by molar-refractivity contribution is 6.07. The first-order valence-corrected chi connectivity index (χ1v) is 9.19. The second-order valence-corrected chi connectivity index (χ2v) is 6.55. The summed E-state index contributed by atoms with van der Waals surface area (Å²) in [6.07, 6.45) is -3.16. The molecule has 0 saturated carbocycles. The number of carbonyl (C=O) groups is 1. The maximum Gasteiger partial charge on any atom is 0.573 e. The maximum atomic E-state index is 12.7. The largest absolute Gasteiger partial charge is 0.573 e. The Morgan fingerprint density at radius 1 is 1.28 bits per heavy atom. The summed E-state index contributed by atoms with van der Waals surface area (Å²) in [5.74, 6) is -0.106. The number of ether oxygens (including phenoxy) is 1. The summed E-state index contributed by atoms with van der Waals surface area (Å²) in [5.41, 5.74) is 6.57. The predicted molar refractivity (Wildman–Crippen MR) is 110 cm³/mol. The molecule has 1 aromatic carbocycles. The number of nitrogens with zero attached hydrogens (tertiary/aromatic N) is 3. The number of rotatable bonds is 8. The Kier molecular flexibility index (Phi) is 6.80. The Balaban J connectivity index is 1.67. The van der Waals surface area contributed by atoms with Crippen molar-refractivity contribution in [3.8, 4) is 5.75 Å². The minimum absolute atomic E-state index is 0.230. The number of nitrogens with two attached hydrogens (primary N) is 1. The van der Waals surface area contributed by atoms with Crippen LogP contribution >= 0.6 is 0 Å². The van der Waals surface area contributed by atoms with Crippen molar-refractivity contribution in [2.75, 3.05) is 16.0 Å². The number of aliphatic hydroxyl groups is 1. The van der Waals surface area contributed by atoms with Crippen molar-refractivity contribution in [1.29, 1.82) is 0 Å². The van der Waals surface area contributed by atoms with E-state index < -0.39 is 24.4 Å². The third kappa shape index (κ3) is 6.33. The molecular formula is C19H20F3N7O3. The fraction of sp³-hybridized carbons (Fsp3) is 0.211. The molecule has 13 heteroatoms. The monoisotopic (exact) mass is 451 g/mol. The number of alkyl halides is 3. The lowest BCUT2D eigenvalue weighted by Crippen LogP contribution is -2.29. The second kappa shape index (κ2) is 9.53. The molecule has 0 aliphatic carbocycles. The van der Waals surface area contributed by atoms with E-state index in [2.05, 4.69) is 30.8 Å². The van der Waals surface area contributed by atoms with Gasteiger partial charge in [0.15, 0.2) is 6.35 Å². The van der Waals surface area contributed by atoms with Crippen molar-refractivity contribution in [2.45, 2.75) is 19.3 Å². The van der Waals surface area contributed by atoms with E-state index in [0.717, 1.165) is 17.7 Å². The molecule has 1 amide bonds. The summed E-state index contributed by atoms with van der Waals surface area (Å²) in [7, 11) is 1.65. The molecule has 1 unspecified atom stereocenters. The summed E-state index contributed by atoms with van der Waals surface area (Å²) in [4.78, 5) is 16.7. The fourth-order valence-corrected chi connectivity index (χ4v) is 2.75. The van der Waals surface area contributed by atoms with Crippen LogP contribution in [-0.4, -0.2) is 38.5 Å². The van der Waals surface area contributed by atoms with Crippen LogP contribution in [0.1, 0.15) is 15.9 Å². The number of carbonyl (C=O) groups excluding carboxylic acids is 1. The first-order valence-electron chi connectivity index (χ1n) is 9.19. The number of halogens is 3. The van der Waals surface area contributed by atoms with Crippen LogP contribution in [0.5, 0.6) is 5.75 Å². The molecule has 0 fully saturated rings. The van der Waals surface area contributed by atoms with Crippen molar-refractivity contribution < 1.29 is 27.8 Å². The van der Waals surface area contributed by atoms with E-state index in [1.165, 1.54) is 29.2 Å². The molecule has 0 radical (unpaired) electrons. The van der Waals surface area contributed by atoms with E-state index in [4.69, 9.17) is 5.73 Å². The molecule has 0 bridgehead atoms. The van der Waals surface area contributed by atoms with Crippen LogP contribution in [0.15, 0.2) is 48.8 Å². The van der Waals surface area contributed by atoms with E-state index in [0.29, 0.717) is 18.2 Å². The number of aryl methyl sites for hydroxylation is 1. The van der Waals surface area contributed by atoms with Crippen LogP contribution in [-0.2, 0) is 13.6 Å². The van der Waals surface area contributed by atoms with E-state index in [1.54, 1.807) is 19.2 Å². The van der Waals surface area contributed by atoms with Gasteiger partial charge >= 0.3 is 6.36 Å². The van der Waals surface area contributed by atoms with E-state index in [1.807, 2.05) is 0 Å². The minimum Gasteiger partial charge on any atom is -0.406 e. The van der Waals surface area contributed by atoms with Gasteiger partial charge in [-0.3, -0.25) is 15.2 Å². The Morgan fingerprint density at radius 3 is 2.66 bits per heavy atom. The van der Waals surface area contributed by atoms with E-state index in [9.17, 15) is 23.1 Å². The summed E-state index contributed by atoms with van der Waals surface area (Å²) in [6, 6.07) is 8.18. The van der Waals surface area contributed by atoms with Crippen LogP contribution < -0.4 is 26.4 Å². The first-order chi connectivity index (χ1) is 15.1. The zero-order valence-corrected chi connectivity index (χ0v) is 16.7. The lowest BCUT2D eigenvalue weighted by atomic mass is 10.2. The van der Waals surface area contributed by atoms with Gasteiger partial charge in [-0.2, -0.15) is 5.10 Å². The van der Waals surface area contributed by atoms with Crippen LogP contribution in [0.3, 0.4) is 0 Å². The number of aromatic nitrogens is 3.